The average Bonchev–Trinajstić information content (AvgIpc) is 2.80. The molecule has 3 unspecified atom stereocenters. The molecule has 2 heterocycles. The molecule has 128 valence electrons. The van der Waals surface area contributed by atoms with E-state index in [4.69, 9.17) is 5.73 Å². The first-order valence-corrected chi connectivity index (χ1v) is 8.45. The number of rotatable bonds is 4. The molecule has 2 aliphatic heterocycles. The van der Waals surface area contributed by atoms with Crippen LogP contribution in [0.4, 0.5) is 0 Å². The van der Waals surface area contributed by atoms with Gasteiger partial charge in [-0.15, -0.1) is 11.8 Å². The second-order valence-corrected chi connectivity index (χ2v) is 8.24. The number of benzene rings is 1. The molecule has 1 aromatic carbocycles. The van der Waals surface area contributed by atoms with E-state index in [0.717, 1.165) is 0 Å². The number of nitrogens with two attached hydrogens (primary N) is 1. The Labute approximate surface area is 143 Å². The first-order chi connectivity index (χ1) is 11.2. The van der Waals surface area contributed by atoms with Gasteiger partial charge < -0.3 is 21.1 Å². The van der Waals surface area contributed by atoms with Crippen molar-refractivity contribution >= 4 is 29.5 Å². The van der Waals surface area contributed by atoms with Gasteiger partial charge in [-0.05, 0) is 19.4 Å². The van der Waals surface area contributed by atoms with Crippen molar-refractivity contribution in [2.24, 2.45) is 5.73 Å². The quantitative estimate of drug-likeness (QED) is 0.675. The van der Waals surface area contributed by atoms with Gasteiger partial charge in [0.2, 0.25) is 11.8 Å². The number of carbonyl (C=O) groups excluding carboxylic acids is 2. The Morgan fingerprint density at radius 3 is 2.54 bits per heavy atom. The number of carbonyl (C=O) groups is 3. The summed E-state index contributed by atoms with van der Waals surface area (Å²) in [6, 6.07) is 6.38. The van der Waals surface area contributed by atoms with Gasteiger partial charge in [0.25, 0.3) is 0 Å². The molecule has 0 aromatic heterocycles. The van der Waals surface area contributed by atoms with Crippen molar-refractivity contribution in [3.8, 4) is 0 Å². The monoisotopic (exact) mass is 349 g/mol. The number of hydrogen-bond acceptors (Lipinski definition) is 5. The number of aliphatic carboxylic acids is 1. The molecule has 0 spiro atoms. The smallest absolute Gasteiger partial charge is 0.327 e. The maximum Gasteiger partial charge on any atom is 0.327 e. The zero-order chi connectivity index (χ0) is 17.6. The topological polar surface area (TPSA) is 113 Å². The van der Waals surface area contributed by atoms with Gasteiger partial charge in [-0.2, -0.15) is 0 Å². The second-order valence-electron chi connectivity index (χ2n) is 6.47. The van der Waals surface area contributed by atoms with Crippen LogP contribution < -0.4 is 11.1 Å². The molecule has 8 heteroatoms. The van der Waals surface area contributed by atoms with E-state index in [1.54, 1.807) is 38.1 Å². The summed E-state index contributed by atoms with van der Waals surface area (Å²) >= 11 is 1.38. The third-order valence-electron chi connectivity index (χ3n) is 4.41. The number of hydrogen-bond donors (Lipinski definition) is 3. The molecular weight excluding hydrogens is 330 g/mol. The molecule has 2 saturated heterocycles. The average molecular weight is 349 g/mol. The summed E-state index contributed by atoms with van der Waals surface area (Å²) in [6.07, 6.45) is 0. The molecule has 1 aromatic rings. The van der Waals surface area contributed by atoms with Crippen molar-refractivity contribution in [2.75, 3.05) is 0 Å². The van der Waals surface area contributed by atoms with Crippen molar-refractivity contribution in [2.45, 2.75) is 42.1 Å². The van der Waals surface area contributed by atoms with Gasteiger partial charge in [-0.1, -0.05) is 30.3 Å². The molecule has 2 fully saturated rings. The third kappa shape index (κ3) is 2.55. The molecule has 2 aliphatic rings. The van der Waals surface area contributed by atoms with Crippen LogP contribution in [-0.2, 0) is 14.4 Å². The van der Waals surface area contributed by atoms with E-state index < -0.39 is 34.7 Å². The van der Waals surface area contributed by atoms with Crippen molar-refractivity contribution in [1.82, 2.24) is 10.2 Å². The van der Waals surface area contributed by atoms with E-state index in [-0.39, 0.29) is 11.3 Å². The van der Waals surface area contributed by atoms with Crippen molar-refractivity contribution in [3.63, 3.8) is 0 Å². The van der Waals surface area contributed by atoms with Crippen molar-refractivity contribution in [1.29, 1.82) is 0 Å². The Balaban J connectivity index is 1.71. The molecular formula is C16H19N3O4S. The molecule has 3 rings (SSSR count). The highest BCUT2D eigenvalue weighted by Gasteiger charge is 2.64. The zero-order valence-electron chi connectivity index (χ0n) is 13.3. The number of carboxylic acid groups (broad SMARTS) is 1. The first-order valence-electron chi connectivity index (χ1n) is 7.58. The third-order valence-corrected chi connectivity index (χ3v) is 5.99. The molecule has 0 aliphatic carbocycles. The summed E-state index contributed by atoms with van der Waals surface area (Å²) < 4.78 is -0.618. The summed E-state index contributed by atoms with van der Waals surface area (Å²) in [4.78, 5) is 37.5. The molecule has 0 saturated carbocycles. The van der Waals surface area contributed by atoms with Crippen molar-refractivity contribution < 1.29 is 19.5 Å². The van der Waals surface area contributed by atoms with Gasteiger partial charge in [0.15, 0.2) is 0 Å². The number of thioether (sulfide) groups is 1. The van der Waals surface area contributed by atoms with Gasteiger partial charge in [0.05, 0.1) is 0 Å². The van der Waals surface area contributed by atoms with Gasteiger partial charge >= 0.3 is 5.97 Å². The van der Waals surface area contributed by atoms with Gasteiger partial charge in [0.1, 0.15) is 23.5 Å². The van der Waals surface area contributed by atoms with Crippen LogP contribution >= 0.6 is 11.8 Å². The molecule has 0 bridgehead atoms. The van der Waals surface area contributed by atoms with E-state index in [2.05, 4.69) is 5.32 Å². The predicted molar refractivity (Wildman–Crippen MR) is 89.0 cm³/mol. The normalized spacial score (nSPS) is 28.7. The number of nitrogens with one attached hydrogen (secondary N) is 1. The fourth-order valence-electron chi connectivity index (χ4n) is 3.20. The summed E-state index contributed by atoms with van der Waals surface area (Å²) in [5.41, 5.74) is 6.59. The lowest BCUT2D eigenvalue weighted by molar-refractivity contribution is -0.161. The maximum absolute atomic E-state index is 12.3. The number of fused-ring (bicyclic) bond motifs is 1. The first kappa shape index (κ1) is 16.8. The summed E-state index contributed by atoms with van der Waals surface area (Å²) in [5, 5.41) is 11.7. The van der Waals surface area contributed by atoms with Crippen LogP contribution in [0.15, 0.2) is 30.3 Å². The lowest BCUT2D eigenvalue weighted by atomic mass is 9.95. The Hall–Kier alpha value is -2.06. The van der Waals surface area contributed by atoms with E-state index in [0.29, 0.717) is 5.56 Å². The maximum atomic E-state index is 12.3. The minimum Gasteiger partial charge on any atom is -0.480 e. The highest BCUT2D eigenvalue weighted by molar-refractivity contribution is 8.01. The van der Waals surface area contributed by atoms with E-state index >= 15 is 0 Å². The molecule has 0 radical (unpaired) electrons. The number of amides is 2. The minimum absolute atomic E-state index is 0.375. The van der Waals surface area contributed by atoms with Crippen molar-refractivity contribution in [3.05, 3.63) is 35.9 Å². The van der Waals surface area contributed by atoms with Crippen LogP contribution in [0.2, 0.25) is 0 Å². The summed E-state index contributed by atoms with van der Waals surface area (Å²) in [7, 11) is 0. The van der Waals surface area contributed by atoms with Crippen LogP contribution in [-0.4, -0.2) is 50.0 Å². The Morgan fingerprint density at radius 1 is 1.33 bits per heavy atom. The fraction of sp³-hybridized carbons (Fsp3) is 0.438. The number of β-lactam (4-membered cyclic amide) rings is 1. The van der Waals surface area contributed by atoms with Gasteiger partial charge in [-0.3, -0.25) is 9.59 Å². The zero-order valence-corrected chi connectivity index (χ0v) is 14.1. The summed E-state index contributed by atoms with van der Waals surface area (Å²) in [5.74, 6) is -1.86. The van der Waals surface area contributed by atoms with Crippen LogP contribution in [0.25, 0.3) is 0 Å². The minimum atomic E-state index is -1.03. The van der Waals surface area contributed by atoms with Crippen LogP contribution in [0.1, 0.15) is 25.5 Å². The lowest BCUT2D eigenvalue weighted by Crippen LogP contribution is -2.71. The molecule has 7 nitrogen and oxygen atoms in total. The summed E-state index contributed by atoms with van der Waals surface area (Å²) in [6.45, 7) is 3.58. The van der Waals surface area contributed by atoms with Crippen LogP contribution in [0, 0.1) is 0 Å². The number of nitrogens with zero attached hydrogens (tertiary/aromatic N) is 1. The largest absolute Gasteiger partial charge is 0.480 e. The Morgan fingerprint density at radius 2 is 1.96 bits per heavy atom. The van der Waals surface area contributed by atoms with Gasteiger partial charge in [-0.25, -0.2) is 4.79 Å². The van der Waals surface area contributed by atoms with Crippen LogP contribution in [0.3, 0.4) is 0 Å². The lowest BCUT2D eigenvalue weighted by Gasteiger charge is -2.43. The van der Waals surface area contributed by atoms with E-state index in [9.17, 15) is 19.5 Å². The number of carboxylic acids is 1. The Bertz CT molecular complexity index is 694. The highest BCUT2D eigenvalue weighted by atomic mass is 32.2. The highest BCUT2D eigenvalue weighted by Crippen LogP contribution is 2.50. The van der Waals surface area contributed by atoms with E-state index in [1.165, 1.54) is 16.7 Å². The van der Waals surface area contributed by atoms with E-state index in [1.807, 2.05) is 6.07 Å². The SMILES string of the molecule is CC1(C)SC2[C@H](NC(=O)C(N)c3ccccc3)C(=O)N2C1C(=O)O. The molecule has 2 amide bonds. The molecule has 4 atom stereocenters. The standard InChI is InChI=1S/C16H19N3O4S/c1-16(2)11(15(22)23)19-13(21)10(14(19)24-16)18-12(20)9(17)8-6-4-3-5-7-8/h3-7,9-11,14H,17H2,1-2H3,(H,18,20)(H,22,23)/t9?,10-,11?,14?/m1/s1. The predicted octanol–water partition coefficient (Wildman–Crippen LogP) is 0.318. The van der Waals surface area contributed by atoms with Crippen LogP contribution in [0.5, 0.6) is 0 Å². The molecule has 4 N–H and O–H groups in total. The fourth-order valence-corrected chi connectivity index (χ4v) is 4.83. The molecule has 24 heavy (non-hydrogen) atoms. The second kappa shape index (κ2) is 5.78. The van der Waals surface area contributed by atoms with Gasteiger partial charge in [0, 0.05) is 4.75 Å². The Kier molecular flexibility index (Phi) is 4.05.